The van der Waals surface area contributed by atoms with Crippen molar-refractivity contribution in [3.63, 3.8) is 0 Å². The summed E-state index contributed by atoms with van der Waals surface area (Å²) < 4.78 is 0. The van der Waals surface area contributed by atoms with Crippen molar-refractivity contribution in [2.24, 2.45) is 0 Å². The second-order valence-corrected chi connectivity index (χ2v) is 6.74. The number of carbonyl (C=O) groups is 1. The zero-order valence-electron chi connectivity index (χ0n) is 13.2. The molecule has 4 aromatic rings. The normalized spacial score (nSPS) is 10.8. The number of rotatable bonds is 3. The van der Waals surface area contributed by atoms with E-state index in [2.05, 4.69) is 20.5 Å². The summed E-state index contributed by atoms with van der Waals surface area (Å²) >= 11 is 7.20. The van der Waals surface area contributed by atoms with Crippen LogP contribution in [0.3, 0.4) is 0 Å². The number of hydrogen-bond acceptors (Lipinski definition) is 5. The maximum absolute atomic E-state index is 12.6. The average Bonchev–Trinajstić information content (AvgIpc) is 3.11. The van der Waals surface area contributed by atoms with Crippen LogP contribution in [0.1, 0.15) is 10.5 Å². The summed E-state index contributed by atoms with van der Waals surface area (Å²) in [5, 5.41) is 12.8. The molecule has 8 heteroatoms. The third-order valence-corrected chi connectivity index (χ3v) is 4.79. The molecule has 0 saturated heterocycles. The molecule has 128 valence electrons. The summed E-state index contributed by atoms with van der Waals surface area (Å²) in [6, 6.07) is 14.1. The van der Waals surface area contributed by atoms with Crippen LogP contribution in [0.5, 0.6) is 0 Å². The molecule has 0 aliphatic rings. The van der Waals surface area contributed by atoms with Crippen molar-refractivity contribution in [3.05, 3.63) is 75.0 Å². The number of benzene rings is 2. The van der Waals surface area contributed by atoms with E-state index >= 15 is 0 Å². The predicted octanol–water partition coefficient (Wildman–Crippen LogP) is 3.95. The molecule has 0 fully saturated rings. The number of thiazole rings is 1. The molecular formula is C18H11ClN4O2S. The summed E-state index contributed by atoms with van der Waals surface area (Å²) in [6.45, 7) is 0. The molecule has 0 atom stereocenters. The minimum absolute atomic E-state index is 0.142. The third-order valence-electron chi connectivity index (χ3n) is 3.78. The van der Waals surface area contributed by atoms with E-state index < -0.39 is 5.91 Å². The monoisotopic (exact) mass is 382 g/mol. The molecule has 2 heterocycles. The van der Waals surface area contributed by atoms with E-state index in [-0.39, 0.29) is 11.3 Å². The largest absolute Gasteiger partial charge is 0.296 e. The molecule has 0 radical (unpaired) electrons. The topological polar surface area (TPSA) is 87.7 Å². The first-order valence-corrected chi connectivity index (χ1v) is 8.88. The molecule has 0 aliphatic carbocycles. The van der Waals surface area contributed by atoms with E-state index in [1.807, 2.05) is 17.5 Å². The van der Waals surface area contributed by atoms with Crippen LogP contribution in [-0.4, -0.2) is 21.1 Å². The highest BCUT2D eigenvalue weighted by molar-refractivity contribution is 7.14. The Hall–Kier alpha value is -3.03. The summed E-state index contributed by atoms with van der Waals surface area (Å²) in [4.78, 5) is 28.8. The van der Waals surface area contributed by atoms with Gasteiger partial charge in [-0.2, -0.15) is 5.10 Å². The molecule has 0 unspecified atom stereocenters. The Morgan fingerprint density at radius 2 is 1.81 bits per heavy atom. The molecule has 4 rings (SSSR count). The van der Waals surface area contributed by atoms with Crippen molar-refractivity contribution in [3.8, 4) is 11.3 Å². The van der Waals surface area contributed by atoms with Crippen LogP contribution in [0.2, 0.25) is 5.02 Å². The minimum Gasteiger partial charge on any atom is -0.296 e. The fourth-order valence-electron chi connectivity index (χ4n) is 2.53. The molecule has 2 aromatic carbocycles. The van der Waals surface area contributed by atoms with Gasteiger partial charge in [0.25, 0.3) is 11.5 Å². The fourth-order valence-corrected chi connectivity index (χ4v) is 3.37. The minimum atomic E-state index is -0.436. The molecule has 2 aromatic heterocycles. The van der Waals surface area contributed by atoms with Crippen molar-refractivity contribution in [1.82, 2.24) is 15.2 Å². The zero-order valence-corrected chi connectivity index (χ0v) is 14.8. The lowest BCUT2D eigenvalue weighted by atomic mass is 10.1. The number of hydrogen-bond donors (Lipinski definition) is 2. The van der Waals surface area contributed by atoms with Crippen LogP contribution in [0.25, 0.3) is 22.0 Å². The van der Waals surface area contributed by atoms with E-state index in [0.29, 0.717) is 20.9 Å². The predicted molar refractivity (Wildman–Crippen MR) is 103 cm³/mol. The Bertz CT molecular complexity index is 1170. The van der Waals surface area contributed by atoms with Crippen molar-refractivity contribution in [2.75, 3.05) is 5.32 Å². The van der Waals surface area contributed by atoms with Gasteiger partial charge in [0.1, 0.15) is 0 Å². The van der Waals surface area contributed by atoms with Crippen molar-refractivity contribution < 1.29 is 4.79 Å². The zero-order chi connectivity index (χ0) is 18.1. The highest BCUT2D eigenvalue weighted by Crippen LogP contribution is 2.26. The van der Waals surface area contributed by atoms with Gasteiger partial charge in [0.15, 0.2) is 10.8 Å². The van der Waals surface area contributed by atoms with Gasteiger partial charge < -0.3 is 0 Å². The van der Waals surface area contributed by atoms with Crippen LogP contribution in [0.15, 0.2) is 58.7 Å². The first-order valence-electron chi connectivity index (χ1n) is 7.62. The van der Waals surface area contributed by atoms with Crippen LogP contribution < -0.4 is 10.9 Å². The molecule has 0 spiro atoms. The number of H-pyrrole nitrogens is 1. The number of halogens is 1. The second-order valence-electron chi connectivity index (χ2n) is 5.45. The van der Waals surface area contributed by atoms with Crippen LogP contribution in [-0.2, 0) is 0 Å². The van der Waals surface area contributed by atoms with E-state index in [1.54, 1.807) is 36.4 Å². The molecule has 26 heavy (non-hydrogen) atoms. The Balaban J connectivity index is 1.63. The lowest BCUT2D eigenvalue weighted by Gasteiger charge is -2.04. The number of aromatic amines is 1. The van der Waals surface area contributed by atoms with Crippen LogP contribution in [0, 0.1) is 0 Å². The molecule has 6 nitrogen and oxygen atoms in total. The molecule has 0 saturated carbocycles. The van der Waals surface area contributed by atoms with Crippen LogP contribution in [0.4, 0.5) is 5.13 Å². The standard InChI is InChI=1S/C18H11ClN4O2S/c19-11-7-5-10(6-8-11)14-9-26-18(20-14)21-17(25)15-12-3-1-2-4-13(12)16(24)23-22-15/h1-9H,(H,23,24)(H,20,21,25). The summed E-state index contributed by atoms with van der Waals surface area (Å²) in [6.07, 6.45) is 0. The van der Waals surface area contributed by atoms with Gasteiger partial charge in [0, 0.05) is 21.4 Å². The highest BCUT2D eigenvalue weighted by Gasteiger charge is 2.16. The quantitative estimate of drug-likeness (QED) is 0.561. The van der Waals surface area contributed by atoms with E-state index in [1.165, 1.54) is 11.3 Å². The summed E-state index contributed by atoms with van der Waals surface area (Å²) in [7, 11) is 0. The maximum atomic E-state index is 12.6. The van der Waals surface area contributed by atoms with Crippen molar-refractivity contribution in [2.45, 2.75) is 0 Å². The molecule has 2 N–H and O–H groups in total. The van der Waals surface area contributed by atoms with Gasteiger partial charge >= 0.3 is 0 Å². The Morgan fingerprint density at radius 3 is 2.58 bits per heavy atom. The van der Waals surface area contributed by atoms with E-state index in [4.69, 9.17) is 11.6 Å². The van der Waals surface area contributed by atoms with E-state index in [0.717, 1.165) is 11.3 Å². The molecule has 0 aliphatic heterocycles. The van der Waals surface area contributed by atoms with Gasteiger partial charge in [-0.1, -0.05) is 41.9 Å². The third kappa shape index (κ3) is 3.10. The molecular weight excluding hydrogens is 372 g/mol. The SMILES string of the molecule is O=C(Nc1nc(-c2ccc(Cl)cc2)cs1)c1n[nH]c(=O)c2ccccc12. The molecule has 0 bridgehead atoms. The lowest BCUT2D eigenvalue weighted by molar-refractivity contribution is 0.102. The van der Waals surface area contributed by atoms with E-state index in [9.17, 15) is 9.59 Å². The lowest BCUT2D eigenvalue weighted by Crippen LogP contribution is -2.19. The van der Waals surface area contributed by atoms with Gasteiger partial charge in [-0.25, -0.2) is 10.1 Å². The van der Waals surface area contributed by atoms with Gasteiger partial charge in [0.2, 0.25) is 0 Å². The van der Waals surface area contributed by atoms with Gasteiger partial charge in [-0.15, -0.1) is 11.3 Å². The second kappa shape index (κ2) is 6.70. The number of fused-ring (bicyclic) bond motifs is 1. The highest BCUT2D eigenvalue weighted by atomic mass is 35.5. The first-order chi connectivity index (χ1) is 12.6. The van der Waals surface area contributed by atoms with Crippen molar-refractivity contribution in [1.29, 1.82) is 0 Å². The average molecular weight is 383 g/mol. The molecule has 1 amide bonds. The Labute approximate surface area is 156 Å². The number of nitrogens with one attached hydrogen (secondary N) is 2. The number of amides is 1. The number of nitrogens with zero attached hydrogens (tertiary/aromatic N) is 2. The number of aromatic nitrogens is 3. The summed E-state index contributed by atoms with van der Waals surface area (Å²) in [5.74, 6) is -0.436. The maximum Gasteiger partial charge on any atom is 0.278 e. The smallest absolute Gasteiger partial charge is 0.278 e. The fraction of sp³-hybridized carbons (Fsp3) is 0. The number of carbonyl (C=O) groups excluding carboxylic acids is 1. The van der Waals surface area contributed by atoms with Crippen LogP contribution >= 0.6 is 22.9 Å². The van der Waals surface area contributed by atoms with Gasteiger partial charge in [-0.3, -0.25) is 14.9 Å². The Morgan fingerprint density at radius 1 is 1.08 bits per heavy atom. The first kappa shape index (κ1) is 16.4. The summed E-state index contributed by atoms with van der Waals surface area (Å²) in [5.41, 5.74) is 1.44. The number of anilines is 1. The Kier molecular flexibility index (Phi) is 4.24. The van der Waals surface area contributed by atoms with Gasteiger partial charge in [0.05, 0.1) is 11.1 Å². The van der Waals surface area contributed by atoms with Gasteiger partial charge in [-0.05, 0) is 18.2 Å². The van der Waals surface area contributed by atoms with Crippen molar-refractivity contribution >= 4 is 44.7 Å².